The molecule has 3 N–H and O–H groups in total. The number of hydroxylamine groups is 1. The van der Waals surface area contributed by atoms with E-state index in [1.807, 2.05) is 0 Å². The zero-order chi connectivity index (χ0) is 18.8. The van der Waals surface area contributed by atoms with Crippen LogP contribution in [0.4, 0.5) is 4.39 Å². The predicted molar refractivity (Wildman–Crippen MR) is 89.3 cm³/mol. The molecule has 0 atom stereocenters. The lowest BCUT2D eigenvalue weighted by Gasteiger charge is -2.35. The van der Waals surface area contributed by atoms with Crippen LogP contribution in [0.3, 0.4) is 0 Å². The van der Waals surface area contributed by atoms with Crippen molar-refractivity contribution in [3.05, 3.63) is 41.8 Å². The Kier molecular flexibility index (Phi) is 5.08. The zero-order valence-corrected chi connectivity index (χ0v) is 14.6. The molecular formula is C16H18FN3O5S. The molecule has 26 heavy (non-hydrogen) atoms. The van der Waals surface area contributed by atoms with Crippen LogP contribution < -0.4 is 10.8 Å². The lowest BCUT2D eigenvalue weighted by Crippen LogP contribution is -2.59. The van der Waals surface area contributed by atoms with Crippen LogP contribution >= 0.6 is 0 Å². The third kappa shape index (κ3) is 3.76. The molecule has 1 aromatic heterocycles. The van der Waals surface area contributed by atoms with Gasteiger partial charge in [-0.15, -0.1) is 0 Å². The Hall–Kier alpha value is -2.30. The number of amides is 1. The fourth-order valence-electron chi connectivity index (χ4n) is 2.92. The number of hydrogen-bond donors (Lipinski definition) is 3. The highest BCUT2D eigenvalue weighted by atomic mass is 32.2. The van der Waals surface area contributed by atoms with E-state index in [1.54, 1.807) is 23.7 Å². The Morgan fingerprint density at radius 3 is 2.65 bits per heavy atom. The van der Waals surface area contributed by atoms with Crippen molar-refractivity contribution >= 4 is 15.7 Å². The molecule has 0 bridgehead atoms. The molecule has 2 aromatic rings. The van der Waals surface area contributed by atoms with Crippen molar-refractivity contribution in [3.8, 4) is 11.3 Å². The van der Waals surface area contributed by atoms with Crippen molar-refractivity contribution in [2.75, 3.05) is 11.5 Å². The lowest BCUT2D eigenvalue weighted by atomic mass is 9.91. The Labute approximate surface area is 149 Å². The van der Waals surface area contributed by atoms with E-state index in [-0.39, 0.29) is 42.2 Å². The monoisotopic (exact) mass is 383 g/mol. The van der Waals surface area contributed by atoms with Gasteiger partial charge in [0.25, 0.3) is 5.91 Å². The Morgan fingerprint density at radius 1 is 1.31 bits per heavy atom. The normalized spacial score (nSPS) is 18.4. The van der Waals surface area contributed by atoms with Crippen molar-refractivity contribution in [2.45, 2.75) is 24.9 Å². The molecule has 2 heterocycles. The number of nitrogens with zero attached hydrogens (tertiary/aromatic N) is 1. The highest BCUT2D eigenvalue weighted by molar-refractivity contribution is 7.91. The van der Waals surface area contributed by atoms with Gasteiger partial charge in [-0.2, -0.15) is 0 Å². The largest absolute Gasteiger partial charge is 0.356 e. The molecule has 8 nitrogen and oxygen atoms in total. The summed E-state index contributed by atoms with van der Waals surface area (Å²) in [6.45, 7) is 0.0887. The molecule has 0 saturated carbocycles. The highest BCUT2D eigenvalue weighted by Gasteiger charge is 2.43. The van der Waals surface area contributed by atoms with Crippen molar-refractivity contribution in [1.82, 2.24) is 16.0 Å². The first kappa shape index (κ1) is 18.5. The van der Waals surface area contributed by atoms with Gasteiger partial charge in [0, 0.05) is 12.6 Å². The number of carbonyl (C=O) groups is 1. The third-order valence-corrected chi connectivity index (χ3v) is 6.17. The molecule has 0 spiro atoms. The van der Waals surface area contributed by atoms with Crippen LogP contribution in [0.25, 0.3) is 11.3 Å². The fourth-order valence-corrected chi connectivity index (χ4v) is 4.44. The quantitative estimate of drug-likeness (QED) is 0.521. The van der Waals surface area contributed by atoms with Gasteiger partial charge in [0.1, 0.15) is 21.2 Å². The van der Waals surface area contributed by atoms with E-state index in [1.165, 1.54) is 12.1 Å². The lowest BCUT2D eigenvalue weighted by molar-refractivity contribution is -0.136. The summed E-state index contributed by atoms with van der Waals surface area (Å²) in [6, 6.07) is 7.63. The summed E-state index contributed by atoms with van der Waals surface area (Å²) in [4.78, 5) is 12.1. The van der Waals surface area contributed by atoms with Gasteiger partial charge in [0.15, 0.2) is 5.76 Å². The Bertz CT molecular complexity index is 898. The van der Waals surface area contributed by atoms with Crippen LogP contribution in [0.15, 0.2) is 34.9 Å². The number of carbonyl (C=O) groups excluding carboxylic acids is 1. The number of aromatic nitrogens is 1. The Morgan fingerprint density at radius 2 is 2.00 bits per heavy atom. The molecule has 3 rings (SSSR count). The van der Waals surface area contributed by atoms with E-state index in [4.69, 9.17) is 9.73 Å². The van der Waals surface area contributed by atoms with Gasteiger partial charge in [-0.05, 0) is 25.0 Å². The van der Waals surface area contributed by atoms with Gasteiger partial charge in [0.2, 0.25) is 0 Å². The van der Waals surface area contributed by atoms with Crippen LogP contribution in [-0.4, -0.2) is 41.7 Å². The minimum Gasteiger partial charge on any atom is -0.356 e. The zero-order valence-electron chi connectivity index (χ0n) is 13.7. The average molecular weight is 383 g/mol. The maximum Gasteiger partial charge on any atom is 0.263 e. The number of nitrogens with one attached hydrogen (secondary N) is 2. The molecule has 0 unspecified atom stereocenters. The Balaban J connectivity index is 1.74. The van der Waals surface area contributed by atoms with Gasteiger partial charge in [-0.1, -0.05) is 17.3 Å². The fraction of sp³-hybridized carbons (Fsp3) is 0.375. The first-order chi connectivity index (χ1) is 12.4. The van der Waals surface area contributed by atoms with Crippen LogP contribution in [0, 0.1) is 5.82 Å². The summed E-state index contributed by atoms with van der Waals surface area (Å²) < 4.78 is 42.2. The minimum atomic E-state index is -3.19. The number of hydrogen-bond acceptors (Lipinski definition) is 7. The van der Waals surface area contributed by atoms with Crippen molar-refractivity contribution < 1.29 is 27.3 Å². The molecule has 1 amide bonds. The number of benzene rings is 1. The first-order valence-electron chi connectivity index (χ1n) is 7.96. The van der Waals surface area contributed by atoms with Crippen LogP contribution in [0.1, 0.15) is 18.5 Å². The maximum absolute atomic E-state index is 13.8. The van der Waals surface area contributed by atoms with E-state index >= 15 is 0 Å². The number of rotatable bonds is 5. The smallest absolute Gasteiger partial charge is 0.263 e. The van der Waals surface area contributed by atoms with Crippen molar-refractivity contribution in [3.63, 3.8) is 0 Å². The van der Waals surface area contributed by atoms with Crippen molar-refractivity contribution in [1.29, 1.82) is 0 Å². The van der Waals surface area contributed by atoms with Gasteiger partial charge in [-0.25, -0.2) is 18.3 Å². The highest BCUT2D eigenvalue weighted by Crippen LogP contribution is 2.26. The summed E-state index contributed by atoms with van der Waals surface area (Å²) in [6.07, 6.45) is 0.0551. The second-order valence-corrected chi connectivity index (χ2v) is 8.49. The molecule has 140 valence electrons. The molecular weight excluding hydrogens is 365 g/mol. The van der Waals surface area contributed by atoms with Crippen LogP contribution in [-0.2, 0) is 21.2 Å². The van der Waals surface area contributed by atoms with Crippen molar-refractivity contribution in [2.24, 2.45) is 0 Å². The first-order valence-corrected chi connectivity index (χ1v) is 9.78. The maximum atomic E-state index is 13.8. The summed E-state index contributed by atoms with van der Waals surface area (Å²) >= 11 is 0. The average Bonchev–Trinajstić information content (AvgIpc) is 3.10. The second-order valence-electron chi connectivity index (χ2n) is 6.19. The number of sulfone groups is 1. The third-order valence-electron chi connectivity index (χ3n) is 4.52. The summed E-state index contributed by atoms with van der Waals surface area (Å²) in [7, 11) is -3.19. The molecule has 1 saturated heterocycles. The second kappa shape index (κ2) is 7.14. The van der Waals surface area contributed by atoms with E-state index < -0.39 is 27.1 Å². The van der Waals surface area contributed by atoms with Gasteiger partial charge in [-0.3, -0.25) is 15.3 Å². The SMILES string of the molecule is O=C(NO)C1(NCc2cc(-c3ccccc3F)on2)CCS(=O)(=O)CC1. The molecule has 0 aliphatic carbocycles. The van der Waals surface area contributed by atoms with E-state index in [2.05, 4.69) is 10.5 Å². The van der Waals surface area contributed by atoms with Gasteiger partial charge >= 0.3 is 0 Å². The predicted octanol–water partition coefficient (Wildman–Crippen LogP) is 1.02. The molecule has 0 radical (unpaired) electrons. The summed E-state index contributed by atoms with van der Waals surface area (Å²) in [5, 5.41) is 15.8. The molecule has 1 aliphatic heterocycles. The standard InChI is InChI=1S/C16H18FN3O5S/c17-13-4-2-1-3-12(13)14-9-11(20-25-14)10-18-16(15(21)19-22)5-7-26(23,24)8-6-16/h1-4,9,18,22H,5-8,10H2,(H,19,21). The molecule has 1 aromatic carbocycles. The van der Waals surface area contributed by atoms with Crippen LogP contribution in [0.2, 0.25) is 0 Å². The topological polar surface area (TPSA) is 122 Å². The van der Waals surface area contributed by atoms with Gasteiger partial charge in [0.05, 0.1) is 22.8 Å². The minimum absolute atomic E-state index is 0.0275. The van der Waals surface area contributed by atoms with Crippen LogP contribution in [0.5, 0.6) is 0 Å². The van der Waals surface area contributed by atoms with Gasteiger partial charge < -0.3 is 4.52 Å². The van der Waals surface area contributed by atoms with E-state index in [9.17, 15) is 17.6 Å². The van der Waals surface area contributed by atoms with E-state index in [0.29, 0.717) is 5.69 Å². The molecule has 10 heteroatoms. The summed E-state index contributed by atoms with van der Waals surface area (Å²) in [5.41, 5.74) is 1.04. The molecule has 1 fully saturated rings. The molecule has 1 aliphatic rings. The van der Waals surface area contributed by atoms with E-state index in [0.717, 1.165) is 0 Å². The summed E-state index contributed by atoms with van der Waals surface area (Å²) in [5.74, 6) is -1.23. The number of halogens is 1.